The Kier molecular flexibility index (Phi) is 8.12. The Balaban J connectivity index is 0.000000362. The number of thiol groups is 1. The van der Waals surface area contributed by atoms with E-state index in [1.807, 2.05) is 0 Å². The van der Waals surface area contributed by atoms with Gasteiger partial charge in [0.25, 0.3) is 0 Å². The first kappa shape index (κ1) is 18.3. The van der Waals surface area contributed by atoms with Gasteiger partial charge in [-0.15, -0.1) is 0 Å². The molecule has 0 fully saturated rings. The van der Waals surface area contributed by atoms with E-state index in [1.54, 1.807) is 0 Å². The molecule has 1 aromatic carbocycles. The summed E-state index contributed by atoms with van der Waals surface area (Å²) in [6.45, 7) is 2.24. The van der Waals surface area contributed by atoms with E-state index in [-0.39, 0.29) is 0 Å². The number of hydrogen-bond donors (Lipinski definition) is 0. The van der Waals surface area contributed by atoms with Gasteiger partial charge in [0.15, 0.2) is 15.0 Å². The highest BCUT2D eigenvalue weighted by atomic mass is 32.2. The predicted octanol–water partition coefficient (Wildman–Crippen LogP) is 2.71. The Hall–Kier alpha value is -0.730. The van der Waals surface area contributed by atoms with E-state index >= 15 is 0 Å². The zero-order valence-electron chi connectivity index (χ0n) is 10.2. The molecule has 0 aliphatic rings. The summed E-state index contributed by atoms with van der Waals surface area (Å²) in [5.74, 6) is 1.31. The Morgan fingerprint density at radius 2 is 1.68 bits per heavy atom. The van der Waals surface area contributed by atoms with Crippen LogP contribution in [-0.2, 0) is 21.9 Å². The second kappa shape index (κ2) is 8.44. The zero-order chi connectivity index (χ0) is 14.9. The van der Waals surface area contributed by atoms with Gasteiger partial charge in [0.2, 0.25) is 0 Å². The number of hydrogen-bond acceptors (Lipinski definition) is 3. The highest BCUT2D eigenvalue weighted by Crippen LogP contribution is 2.20. The van der Waals surface area contributed by atoms with Crippen LogP contribution in [0, 0.1) is 0 Å². The van der Waals surface area contributed by atoms with Crippen LogP contribution in [0.25, 0.3) is 0 Å². The summed E-state index contributed by atoms with van der Waals surface area (Å²) in [6.07, 6.45) is 2.65. The van der Waals surface area contributed by atoms with Crippen LogP contribution in [0.15, 0.2) is 35.2 Å². The first-order valence-electron chi connectivity index (χ1n) is 5.43. The van der Waals surface area contributed by atoms with Crippen LogP contribution in [0.1, 0.15) is 19.8 Å². The molecule has 0 aromatic heterocycles. The average molecular weight is 316 g/mol. The quantitative estimate of drug-likeness (QED) is 0.282. The maximum Gasteiger partial charge on any atom is 0.485 e. The smallest absolute Gasteiger partial charge is 0.485 e. The fourth-order valence-electron chi connectivity index (χ4n) is 0.900. The van der Waals surface area contributed by atoms with E-state index in [1.165, 1.54) is 35.3 Å². The lowest BCUT2D eigenvalue weighted by molar-refractivity contribution is -0.0517. The fraction of sp³-hybridized carbons (Fsp3) is 0.455. The van der Waals surface area contributed by atoms with Crippen LogP contribution >= 0.6 is 0 Å². The summed E-state index contributed by atoms with van der Waals surface area (Å²) >= 11 is 1.48. The fourth-order valence-corrected chi connectivity index (χ4v) is 2.02. The third kappa shape index (κ3) is 8.90. The molecule has 3 nitrogen and oxygen atoms in total. The third-order valence-electron chi connectivity index (χ3n) is 1.85. The Labute approximate surface area is 115 Å². The van der Waals surface area contributed by atoms with Crippen LogP contribution in [0.2, 0.25) is 0 Å². The minimum absolute atomic E-state index is 1.31. The van der Waals surface area contributed by atoms with Crippen molar-refractivity contribution in [1.82, 2.24) is 0 Å². The number of halogens is 3. The molecule has 8 heteroatoms. The normalized spacial score (nSPS) is 11.6. The van der Waals surface area contributed by atoms with E-state index in [9.17, 15) is 13.2 Å². The number of rotatable bonds is 4. The lowest BCUT2D eigenvalue weighted by Crippen LogP contribution is -2.21. The van der Waals surface area contributed by atoms with Crippen LogP contribution in [0.5, 0.6) is 0 Å². The van der Waals surface area contributed by atoms with Crippen molar-refractivity contribution in [2.24, 2.45) is 0 Å². The van der Waals surface area contributed by atoms with Gasteiger partial charge in [0.1, 0.15) is 5.75 Å². The van der Waals surface area contributed by atoms with Gasteiger partial charge in [-0.2, -0.15) is 13.2 Å². The molecule has 0 saturated carbocycles. The molecule has 0 N–H and O–H groups in total. The standard InChI is InChI=1S/C10H14S.CHF3O3S/c1-2-3-9-11-10-7-5-4-6-8-10;2-1(3,4)8(5,6)7/h4-8H,2-3,9H2,1H3;(H,5,6,7). The molecule has 0 aliphatic carbocycles. The summed E-state index contributed by atoms with van der Waals surface area (Å²) in [6, 6.07) is 10.7. The molecule has 110 valence electrons. The number of unbranched alkanes of at least 4 members (excludes halogenated alkanes) is 1. The van der Waals surface area contributed by atoms with Crippen LogP contribution < -0.4 is 0 Å². The van der Waals surface area contributed by atoms with Crippen LogP contribution in [-0.4, -0.2) is 24.2 Å². The van der Waals surface area contributed by atoms with Gasteiger partial charge in [0.05, 0.1) is 0 Å². The van der Waals surface area contributed by atoms with Gasteiger partial charge >= 0.3 is 5.51 Å². The van der Waals surface area contributed by atoms with Crippen molar-refractivity contribution in [1.29, 1.82) is 0 Å². The molecule has 0 atom stereocenters. The predicted molar refractivity (Wildman–Crippen MR) is 69.0 cm³/mol. The second-order valence-corrected chi connectivity index (χ2v) is 6.12. The highest BCUT2D eigenvalue weighted by molar-refractivity contribution is 7.86. The topological polar surface area (TPSA) is 57.2 Å². The van der Waals surface area contributed by atoms with Gasteiger partial charge in [-0.05, 0) is 18.6 Å². The van der Waals surface area contributed by atoms with E-state index in [2.05, 4.69) is 37.3 Å². The van der Waals surface area contributed by atoms with Crippen molar-refractivity contribution in [3.05, 3.63) is 30.3 Å². The molecule has 0 radical (unpaired) electrons. The Morgan fingerprint density at radius 3 is 2.05 bits per heavy atom. The van der Waals surface area contributed by atoms with Crippen LogP contribution in [0.4, 0.5) is 13.2 Å². The highest BCUT2D eigenvalue weighted by Gasteiger charge is 2.36. The van der Waals surface area contributed by atoms with E-state index in [0.717, 1.165) is 0 Å². The molecule has 0 heterocycles. The van der Waals surface area contributed by atoms with Crippen LogP contribution in [0.3, 0.4) is 0 Å². The monoisotopic (exact) mass is 316 g/mol. The molecular formula is C11H15F3O3S2. The van der Waals surface area contributed by atoms with E-state index in [0.29, 0.717) is 0 Å². The minimum Gasteiger partial charge on any atom is -0.741 e. The van der Waals surface area contributed by atoms with Crippen molar-refractivity contribution >= 4 is 21.9 Å². The first-order chi connectivity index (χ1) is 8.68. The Bertz CT molecular complexity index is 444. The summed E-state index contributed by atoms with van der Waals surface area (Å²) in [7, 11) is -6.09. The molecule has 19 heavy (non-hydrogen) atoms. The summed E-state index contributed by atoms with van der Waals surface area (Å²) in [4.78, 5) is 1.45. The van der Waals surface area contributed by atoms with Gasteiger partial charge in [0, 0.05) is 11.8 Å². The summed E-state index contributed by atoms with van der Waals surface area (Å²) < 4.78 is 58.9. The number of benzene rings is 1. The van der Waals surface area contributed by atoms with E-state index < -0.39 is 15.6 Å². The molecule has 0 unspecified atom stereocenters. The van der Waals surface area contributed by atoms with Gasteiger partial charge < -0.3 is 4.55 Å². The largest absolute Gasteiger partial charge is 0.741 e. The molecule has 0 bridgehead atoms. The van der Waals surface area contributed by atoms with Crippen molar-refractivity contribution in [2.75, 3.05) is 5.75 Å². The molecule has 0 amide bonds. The molecule has 1 aromatic rings. The van der Waals surface area contributed by atoms with E-state index in [4.69, 9.17) is 13.0 Å². The molecule has 0 spiro atoms. The summed E-state index contributed by atoms with van der Waals surface area (Å²) in [5.41, 5.74) is -5.65. The maximum atomic E-state index is 10.7. The molecule has 0 saturated heterocycles. The number of alkyl halides is 3. The van der Waals surface area contributed by atoms with Crippen molar-refractivity contribution < 1.29 is 26.1 Å². The van der Waals surface area contributed by atoms with Crippen molar-refractivity contribution in [3.63, 3.8) is 0 Å². The van der Waals surface area contributed by atoms with Crippen molar-refractivity contribution in [3.8, 4) is 0 Å². The van der Waals surface area contributed by atoms with Gasteiger partial charge in [-0.1, -0.05) is 31.5 Å². The van der Waals surface area contributed by atoms with Gasteiger partial charge in [-0.3, -0.25) is 0 Å². The Morgan fingerprint density at radius 1 is 1.21 bits per heavy atom. The van der Waals surface area contributed by atoms with Gasteiger partial charge in [-0.25, -0.2) is 8.42 Å². The molecule has 0 aliphatic heterocycles. The van der Waals surface area contributed by atoms with Crippen molar-refractivity contribution in [2.45, 2.75) is 30.2 Å². The zero-order valence-corrected chi connectivity index (χ0v) is 11.9. The second-order valence-electron chi connectivity index (χ2n) is 3.47. The minimum atomic E-state index is -6.09. The SMILES string of the molecule is CCCC[SH+]c1ccccc1.O=S(=O)([O-])C(F)(F)F. The molecule has 1 rings (SSSR count). The first-order valence-corrected chi connectivity index (χ1v) is 7.92. The average Bonchev–Trinajstić information content (AvgIpc) is 2.29. The maximum absolute atomic E-state index is 10.7. The lowest BCUT2D eigenvalue weighted by Gasteiger charge is -2.08. The summed E-state index contributed by atoms with van der Waals surface area (Å²) in [5, 5.41) is 0. The molecular weight excluding hydrogens is 301 g/mol. The lowest BCUT2D eigenvalue weighted by atomic mass is 10.4. The third-order valence-corrected chi connectivity index (χ3v) is 3.62.